The molecule has 0 saturated heterocycles. The van der Waals surface area contributed by atoms with Crippen molar-refractivity contribution < 1.29 is 9.53 Å². The minimum atomic E-state index is -0.280. The Hall–Kier alpha value is -0.610. The molecular weight excluding hydrogens is 180 g/mol. The third-order valence-electron chi connectivity index (χ3n) is 1.76. The third-order valence-corrected chi connectivity index (χ3v) is 1.76. The van der Waals surface area contributed by atoms with Crippen molar-refractivity contribution in [3.05, 3.63) is 0 Å². The maximum Gasteiger partial charge on any atom is 0.221 e. The van der Waals surface area contributed by atoms with Crippen LogP contribution in [-0.2, 0) is 9.53 Å². The number of hydrogen-bond donors (Lipinski definition) is 2. The van der Waals surface area contributed by atoms with Gasteiger partial charge in [-0.15, -0.1) is 0 Å². The first-order chi connectivity index (χ1) is 6.52. The molecule has 0 rings (SSSR count). The second kappa shape index (κ2) is 6.79. The number of carbonyl (C=O) groups excluding carboxylic acids is 1. The van der Waals surface area contributed by atoms with E-state index in [0.717, 1.165) is 13.1 Å². The first kappa shape index (κ1) is 13.4. The van der Waals surface area contributed by atoms with E-state index in [1.54, 1.807) is 7.11 Å². The van der Waals surface area contributed by atoms with Crippen LogP contribution in [0.1, 0.15) is 27.2 Å². The van der Waals surface area contributed by atoms with Crippen LogP contribution in [0.4, 0.5) is 0 Å². The quantitative estimate of drug-likeness (QED) is 0.592. The van der Waals surface area contributed by atoms with Gasteiger partial charge >= 0.3 is 0 Å². The third kappa shape index (κ3) is 6.86. The zero-order valence-electron chi connectivity index (χ0n) is 9.64. The highest BCUT2D eigenvalue weighted by atomic mass is 16.5. The van der Waals surface area contributed by atoms with Crippen LogP contribution >= 0.6 is 0 Å². The molecule has 4 nitrogen and oxygen atoms in total. The van der Waals surface area contributed by atoms with E-state index in [0.29, 0.717) is 13.0 Å². The zero-order chi connectivity index (χ0) is 11.0. The molecule has 0 aromatic rings. The summed E-state index contributed by atoms with van der Waals surface area (Å²) < 4.78 is 5.00. The Morgan fingerprint density at radius 3 is 2.57 bits per heavy atom. The highest BCUT2D eigenvalue weighted by Gasteiger charge is 2.19. The van der Waals surface area contributed by atoms with Gasteiger partial charge in [-0.25, -0.2) is 0 Å². The van der Waals surface area contributed by atoms with Crippen molar-refractivity contribution in [3.63, 3.8) is 0 Å². The molecule has 0 spiro atoms. The van der Waals surface area contributed by atoms with Gasteiger partial charge in [0.05, 0.1) is 12.1 Å². The van der Waals surface area contributed by atoms with E-state index in [2.05, 4.69) is 10.6 Å². The number of methoxy groups -OCH3 is 1. The van der Waals surface area contributed by atoms with Crippen LogP contribution in [-0.4, -0.2) is 38.3 Å². The summed E-state index contributed by atoms with van der Waals surface area (Å²) in [6.07, 6.45) is 0.515. The largest absolute Gasteiger partial charge is 0.382 e. The van der Waals surface area contributed by atoms with Crippen molar-refractivity contribution in [2.45, 2.75) is 32.7 Å². The van der Waals surface area contributed by atoms with Gasteiger partial charge in [0.25, 0.3) is 0 Å². The standard InChI is InChI=1S/C10H22N2O2/c1-5-11-7-6-9(13)12-10(2,3)8-14-4/h11H,5-8H2,1-4H3,(H,12,13). The molecule has 2 N–H and O–H groups in total. The van der Waals surface area contributed by atoms with Gasteiger partial charge in [-0.2, -0.15) is 0 Å². The molecule has 84 valence electrons. The maximum absolute atomic E-state index is 11.4. The van der Waals surface area contributed by atoms with E-state index >= 15 is 0 Å². The van der Waals surface area contributed by atoms with Crippen molar-refractivity contribution >= 4 is 5.91 Å². The molecular formula is C10H22N2O2. The molecule has 0 aromatic heterocycles. The first-order valence-electron chi connectivity index (χ1n) is 5.02. The Morgan fingerprint density at radius 1 is 1.43 bits per heavy atom. The van der Waals surface area contributed by atoms with Gasteiger partial charge in [-0.1, -0.05) is 6.92 Å². The smallest absolute Gasteiger partial charge is 0.221 e. The molecule has 0 fully saturated rings. The van der Waals surface area contributed by atoms with Crippen LogP contribution in [0.5, 0.6) is 0 Å². The predicted molar refractivity (Wildman–Crippen MR) is 57.3 cm³/mol. The second-order valence-electron chi connectivity index (χ2n) is 3.97. The lowest BCUT2D eigenvalue weighted by molar-refractivity contribution is -0.123. The molecule has 0 aliphatic rings. The Bertz CT molecular complexity index is 170. The number of nitrogens with one attached hydrogen (secondary N) is 2. The summed E-state index contributed by atoms with van der Waals surface area (Å²) in [5.74, 6) is 0.0630. The molecule has 0 unspecified atom stereocenters. The van der Waals surface area contributed by atoms with Crippen LogP contribution in [0.2, 0.25) is 0 Å². The van der Waals surface area contributed by atoms with E-state index in [1.165, 1.54) is 0 Å². The van der Waals surface area contributed by atoms with Crippen molar-refractivity contribution in [1.82, 2.24) is 10.6 Å². The summed E-state index contributed by atoms with van der Waals surface area (Å²) in [5.41, 5.74) is -0.280. The number of ether oxygens (including phenoxy) is 1. The zero-order valence-corrected chi connectivity index (χ0v) is 9.64. The molecule has 0 aliphatic carbocycles. The van der Waals surface area contributed by atoms with Crippen LogP contribution in [0, 0.1) is 0 Å². The van der Waals surface area contributed by atoms with Crippen molar-refractivity contribution in [3.8, 4) is 0 Å². The highest BCUT2D eigenvalue weighted by molar-refractivity contribution is 5.76. The van der Waals surface area contributed by atoms with Gasteiger partial charge in [0.1, 0.15) is 0 Å². The van der Waals surface area contributed by atoms with Gasteiger partial charge < -0.3 is 15.4 Å². The minimum Gasteiger partial charge on any atom is -0.382 e. The maximum atomic E-state index is 11.4. The van der Waals surface area contributed by atoms with Gasteiger partial charge in [0.15, 0.2) is 0 Å². The fraction of sp³-hybridized carbons (Fsp3) is 0.900. The highest BCUT2D eigenvalue weighted by Crippen LogP contribution is 2.02. The van der Waals surface area contributed by atoms with E-state index in [1.807, 2.05) is 20.8 Å². The molecule has 0 aliphatic heterocycles. The number of hydrogen-bond acceptors (Lipinski definition) is 3. The average Bonchev–Trinajstić information content (AvgIpc) is 2.03. The average molecular weight is 202 g/mol. The summed E-state index contributed by atoms with van der Waals surface area (Å²) in [7, 11) is 1.63. The Balaban J connectivity index is 3.69. The molecule has 0 bridgehead atoms. The van der Waals surface area contributed by atoms with Gasteiger partial charge in [0.2, 0.25) is 5.91 Å². The van der Waals surface area contributed by atoms with Crippen molar-refractivity contribution in [1.29, 1.82) is 0 Å². The second-order valence-corrected chi connectivity index (χ2v) is 3.97. The summed E-state index contributed by atoms with van der Waals surface area (Å²) in [6, 6.07) is 0. The van der Waals surface area contributed by atoms with E-state index in [4.69, 9.17) is 4.74 Å². The Kier molecular flexibility index (Phi) is 6.49. The summed E-state index contributed by atoms with van der Waals surface area (Å²) in [5, 5.41) is 6.02. The Labute approximate surface area is 86.4 Å². The fourth-order valence-electron chi connectivity index (χ4n) is 1.22. The Morgan fingerprint density at radius 2 is 2.07 bits per heavy atom. The molecule has 14 heavy (non-hydrogen) atoms. The van der Waals surface area contributed by atoms with Crippen LogP contribution in [0.25, 0.3) is 0 Å². The first-order valence-corrected chi connectivity index (χ1v) is 5.02. The summed E-state index contributed by atoms with van der Waals surface area (Å²) in [4.78, 5) is 11.4. The topological polar surface area (TPSA) is 50.4 Å². The normalized spacial score (nSPS) is 11.4. The van der Waals surface area contributed by atoms with Gasteiger partial charge in [0, 0.05) is 20.1 Å². The molecule has 0 saturated carbocycles. The fourth-order valence-corrected chi connectivity index (χ4v) is 1.22. The van der Waals surface area contributed by atoms with Crippen LogP contribution in [0.3, 0.4) is 0 Å². The SMILES string of the molecule is CCNCCC(=O)NC(C)(C)COC. The summed E-state index contributed by atoms with van der Waals surface area (Å²) >= 11 is 0. The summed E-state index contributed by atoms with van der Waals surface area (Å²) in [6.45, 7) is 8.07. The number of amides is 1. The van der Waals surface area contributed by atoms with Crippen LogP contribution < -0.4 is 10.6 Å². The molecule has 0 heterocycles. The van der Waals surface area contributed by atoms with Gasteiger partial charge in [-0.3, -0.25) is 4.79 Å². The predicted octanol–water partition coefficient (Wildman–Crippen LogP) is 0.527. The van der Waals surface area contributed by atoms with Crippen molar-refractivity contribution in [2.24, 2.45) is 0 Å². The van der Waals surface area contributed by atoms with Gasteiger partial charge in [-0.05, 0) is 20.4 Å². The molecule has 0 atom stereocenters. The lowest BCUT2D eigenvalue weighted by Gasteiger charge is -2.25. The van der Waals surface area contributed by atoms with E-state index < -0.39 is 0 Å². The molecule has 4 heteroatoms. The molecule has 0 radical (unpaired) electrons. The number of rotatable bonds is 7. The van der Waals surface area contributed by atoms with E-state index in [9.17, 15) is 4.79 Å². The minimum absolute atomic E-state index is 0.0630. The monoisotopic (exact) mass is 202 g/mol. The van der Waals surface area contributed by atoms with Crippen LogP contribution in [0.15, 0.2) is 0 Å². The van der Waals surface area contributed by atoms with Crippen molar-refractivity contribution in [2.75, 3.05) is 26.8 Å². The molecule has 0 aromatic carbocycles. The van der Waals surface area contributed by atoms with E-state index in [-0.39, 0.29) is 11.4 Å². The number of carbonyl (C=O) groups is 1. The lowest BCUT2D eigenvalue weighted by Crippen LogP contribution is -2.47. The lowest BCUT2D eigenvalue weighted by atomic mass is 10.1. The molecule has 1 amide bonds.